The Morgan fingerprint density at radius 1 is 1.39 bits per heavy atom. The minimum Gasteiger partial charge on any atom is -0.354 e. The molecule has 96 valence electrons. The Hall–Kier alpha value is -1.67. The second-order valence-corrected chi connectivity index (χ2v) is 4.58. The maximum absolute atomic E-state index is 9.03. The fourth-order valence-electron chi connectivity index (χ4n) is 2.34. The lowest BCUT2D eigenvalue weighted by atomic mass is 9.96. The first kappa shape index (κ1) is 12.8. The van der Waals surface area contributed by atoms with Crippen LogP contribution in [-0.4, -0.2) is 36.1 Å². The molecule has 0 aliphatic carbocycles. The SMILES string of the molecule is CCNCC1CCN(c2nccnc2C#N)CC1. The minimum absolute atomic E-state index is 0.433. The van der Waals surface area contributed by atoms with Crippen LogP contribution in [0.2, 0.25) is 0 Å². The molecule has 1 aliphatic heterocycles. The third-order valence-corrected chi connectivity index (χ3v) is 3.38. The van der Waals surface area contributed by atoms with E-state index in [-0.39, 0.29) is 0 Å². The molecule has 1 aromatic rings. The van der Waals surface area contributed by atoms with Crippen LogP contribution >= 0.6 is 0 Å². The van der Waals surface area contributed by atoms with E-state index >= 15 is 0 Å². The zero-order valence-electron chi connectivity index (χ0n) is 10.8. The molecule has 2 heterocycles. The molecule has 0 atom stereocenters. The summed E-state index contributed by atoms with van der Waals surface area (Å²) in [5.74, 6) is 1.48. The van der Waals surface area contributed by atoms with Gasteiger partial charge in [0.05, 0.1) is 0 Å². The van der Waals surface area contributed by atoms with Crippen molar-refractivity contribution in [3.8, 4) is 6.07 Å². The topological polar surface area (TPSA) is 64.8 Å². The van der Waals surface area contributed by atoms with E-state index in [1.54, 1.807) is 12.4 Å². The van der Waals surface area contributed by atoms with Crippen LogP contribution in [0, 0.1) is 17.2 Å². The summed E-state index contributed by atoms with van der Waals surface area (Å²) in [4.78, 5) is 10.5. The van der Waals surface area contributed by atoms with E-state index in [0.717, 1.165) is 50.8 Å². The number of nitrogens with one attached hydrogen (secondary N) is 1. The van der Waals surface area contributed by atoms with Crippen LogP contribution in [0.25, 0.3) is 0 Å². The van der Waals surface area contributed by atoms with Gasteiger partial charge in [-0.2, -0.15) is 5.26 Å². The van der Waals surface area contributed by atoms with Crippen molar-refractivity contribution in [1.82, 2.24) is 15.3 Å². The monoisotopic (exact) mass is 245 g/mol. The van der Waals surface area contributed by atoms with Crippen molar-refractivity contribution in [2.24, 2.45) is 5.92 Å². The van der Waals surface area contributed by atoms with Gasteiger partial charge in [-0.3, -0.25) is 0 Å². The van der Waals surface area contributed by atoms with Crippen LogP contribution in [0.3, 0.4) is 0 Å². The molecular formula is C13H19N5. The third kappa shape index (κ3) is 2.96. The summed E-state index contributed by atoms with van der Waals surface area (Å²) < 4.78 is 0. The van der Waals surface area contributed by atoms with Gasteiger partial charge in [-0.15, -0.1) is 0 Å². The predicted octanol–water partition coefficient (Wildman–Crippen LogP) is 1.17. The summed E-state index contributed by atoms with van der Waals surface area (Å²) in [7, 11) is 0. The normalized spacial score (nSPS) is 16.6. The molecule has 18 heavy (non-hydrogen) atoms. The average Bonchev–Trinajstić information content (AvgIpc) is 2.45. The van der Waals surface area contributed by atoms with Crippen molar-refractivity contribution in [3.05, 3.63) is 18.1 Å². The molecule has 1 fully saturated rings. The highest BCUT2D eigenvalue weighted by molar-refractivity contribution is 5.49. The van der Waals surface area contributed by atoms with Gasteiger partial charge in [0.2, 0.25) is 0 Å². The Morgan fingerprint density at radius 3 is 2.78 bits per heavy atom. The van der Waals surface area contributed by atoms with Crippen molar-refractivity contribution in [2.75, 3.05) is 31.1 Å². The van der Waals surface area contributed by atoms with Gasteiger partial charge in [0.15, 0.2) is 11.5 Å². The molecule has 0 amide bonds. The molecule has 0 spiro atoms. The Balaban J connectivity index is 1.95. The number of anilines is 1. The lowest BCUT2D eigenvalue weighted by Crippen LogP contribution is -2.38. The van der Waals surface area contributed by atoms with E-state index in [1.165, 1.54) is 0 Å². The van der Waals surface area contributed by atoms with Crippen molar-refractivity contribution in [3.63, 3.8) is 0 Å². The van der Waals surface area contributed by atoms with Gasteiger partial charge >= 0.3 is 0 Å². The molecule has 0 unspecified atom stereocenters. The summed E-state index contributed by atoms with van der Waals surface area (Å²) in [6.45, 7) is 6.18. The van der Waals surface area contributed by atoms with Crippen LogP contribution in [0.4, 0.5) is 5.82 Å². The summed E-state index contributed by atoms with van der Waals surface area (Å²) in [5.41, 5.74) is 0.433. The first-order chi connectivity index (χ1) is 8.85. The number of nitrogens with zero attached hydrogens (tertiary/aromatic N) is 4. The van der Waals surface area contributed by atoms with Gasteiger partial charge in [-0.05, 0) is 31.8 Å². The molecule has 1 aliphatic rings. The quantitative estimate of drug-likeness (QED) is 0.862. The molecule has 1 aromatic heterocycles. The second-order valence-electron chi connectivity index (χ2n) is 4.58. The summed E-state index contributed by atoms with van der Waals surface area (Å²) in [5, 5.41) is 12.4. The molecule has 0 bridgehead atoms. The van der Waals surface area contributed by atoms with Gasteiger partial charge in [0, 0.05) is 25.5 Å². The molecule has 5 nitrogen and oxygen atoms in total. The molecular weight excluding hydrogens is 226 g/mol. The van der Waals surface area contributed by atoms with Crippen molar-refractivity contribution in [2.45, 2.75) is 19.8 Å². The Bertz CT molecular complexity index is 418. The van der Waals surface area contributed by atoms with Crippen LogP contribution in [0.1, 0.15) is 25.5 Å². The summed E-state index contributed by atoms with van der Waals surface area (Å²) in [6, 6.07) is 2.11. The highest BCUT2D eigenvalue weighted by Gasteiger charge is 2.21. The van der Waals surface area contributed by atoms with E-state index in [4.69, 9.17) is 5.26 Å². The standard InChI is InChI=1S/C13H19N5/c1-2-15-10-11-3-7-18(8-4-11)13-12(9-14)16-5-6-17-13/h5-6,11,15H,2-4,7-8,10H2,1H3. The Kier molecular flexibility index (Phi) is 4.48. The number of nitriles is 1. The molecule has 0 aromatic carbocycles. The van der Waals surface area contributed by atoms with Gasteiger partial charge in [0.25, 0.3) is 0 Å². The Morgan fingerprint density at radius 2 is 2.11 bits per heavy atom. The van der Waals surface area contributed by atoms with E-state index < -0.39 is 0 Å². The van der Waals surface area contributed by atoms with Gasteiger partial charge in [-0.1, -0.05) is 6.92 Å². The number of hydrogen-bond donors (Lipinski definition) is 1. The maximum atomic E-state index is 9.03. The van der Waals surface area contributed by atoms with Crippen LogP contribution in [-0.2, 0) is 0 Å². The predicted molar refractivity (Wildman–Crippen MR) is 70.2 cm³/mol. The van der Waals surface area contributed by atoms with Crippen LogP contribution in [0.15, 0.2) is 12.4 Å². The fourth-order valence-corrected chi connectivity index (χ4v) is 2.34. The second kappa shape index (κ2) is 6.31. The van der Waals surface area contributed by atoms with Crippen molar-refractivity contribution < 1.29 is 0 Å². The van der Waals surface area contributed by atoms with E-state index in [0.29, 0.717) is 5.69 Å². The van der Waals surface area contributed by atoms with Crippen LogP contribution < -0.4 is 10.2 Å². The molecule has 0 saturated carbocycles. The van der Waals surface area contributed by atoms with Gasteiger partial charge in [0.1, 0.15) is 6.07 Å². The largest absolute Gasteiger partial charge is 0.354 e. The zero-order chi connectivity index (χ0) is 12.8. The number of hydrogen-bond acceptors (Lipinski definition) is 5. The zero-order valence-corrected chi connectivity index (χ0v) is 10.8. The van der Waals surface area contributed by atoms with Gasteiger partial charge in [-0.25, -0.2) is 9.97 Å². The van der Waals surface area contributed by atoms with Crippen LogP contribution in [0.5, 0.6) is 0 Å². The third-order valence-electron chi connectivity index (χ3n) is 3.38. The number of piperidine rings is 1. The highest BCUT2D eigenvalue weighted by atomic mass is 15.2. The molecule has 5 heteroatoms. The average molecular weight is 245 g/mol. The lowest BCUT2D eigenvalue weighted by Gasteiger charge is -2.32. The minimum atomic E-state index is 0.433. The van der Waals surface area contributed by atoms with Crippen molar-refractivity contribution in [1.29, 1.82) is 5.26 Å². The maximum Gasteiger partial charge on any atom is 0.183 e. The fraction of sp³-hybridized carbons (Fsp3) is 0.615. The first-order valence-electron chi connectivity index (χ1n) is 6.52. The van der Waals surface area contributed by atoms with Gasteiger partial charge < -0.3 is 10.2 Å². The number of rotatable bonds is 4. The smallest absolute Gasteiger partial charge is 0.183 e. The highest BCUT2D eigenvalue weighted by Crippen LogP contribution is 2.22. The summed E-state index contributed by atoms with van der Waals surface area (Å²) in [6.07, 6.45) is 5.52. The molecule has 1 saturated heterocycles. The summed E-state index contributed by atoms with van der Waals surface area (Å²) >= 11 is 0. The molecule has 1 N–H and O–H groups in total. The lowest BCUT2D eigenvalue weighted by molar-refractivity contribution is 0.385. The molecule has 2 rings (SSSR count). The van der Waals surface area contributed by atoms with E-state index in [2.05, 4.69) is 33.2 Å². The first-order valence-corrected chi connectivity index (χ1v) is 6.52. The van der Waals surface area contributed by atoms with E-state index in [9.17, 15) is 0 Å². The Labute approximate surface area is 108 Å². The van der Waals surface area contributed by atoms with Crippen molar-refractivity contribution >= 4 is 5.82 Å². The van der Waals surface area contributed by atoms with E-state index in [1.807, 2.05) is 0 Å². The molecule has 0 radical (unpaired) electrons. The number of aromatic nitrogens is 2.